The second kappa shape index (κ2) is 47.6. The first-order valence-electron chi connectivity index (χ1n) is 27.1. The number of hydrogen-bond acceptors (Lipinski definition) is 7. The number of esters is 2. The van der Waals surface area contributed by atoms with Gasteiger partial charge in [-0.05, 0) is 76.3 Å². The average Bonchev–Trinajstić information content (AvgIpc) is 3.28. The fourth-order valence-corrected chi connectivity index (χ4v) is 9.11. The van der Waals surface area contributed by atoms with Crippen LogP contribution in [0.3, 0.4) is 0 Å². The second-order valence-electron chi connectivity index (χ2n) is 18.5. The molecule has 370 valence electrons. The zero-order valence-corrected chi connectivity index (χ0v) is 45.3. The number of carbonyl (C=O) groups is 2. The van der Waals surface area contributed by atoms with Gasteiger partial charge in [0.05, 0.1) is 29.2 Å². The van der Waals surface area contributed by atoms with Gasteiger partial charge in [0.1, 0.15) is 10.1 Å². The third kappa shape index (κ3) is 39.1. The van der Waals surface area contributed by atoms with Gasteiger partial charge in [0.2, 0.25) is 0 Å². The molecule has 1 rings (SSSR count). The standard InChI is InChI=1S/C56H98O7S.Na/c1-3-5-7-9-11-13-15-17-19-21-23-25-27-29-31-33-35-37-39-41-43-45-50-62-55(57)52-48-47-49-53(64(59,60)61)54(52)56(58)63-51-46-44-42-40-38-36-34-32-30-28-26-24-22-20-18-16-14-12-10-8-6-4-2;/h29-32,47-49H,3-28,33-46,50-51H2,1-2H3,(H,59,60,61);/q;+1/p-1/b31-29+,32-30+;. The van der Waals surface area contributed by atoms with Gasteiger partial charge in [-0.3, -0.25) is 0 Å². The Morgan fingerprint density at radius 2 is 0.708 bits per heavy atom. The number of rotatable bonds is 47. The van der Waals surface area contributed by atoms with Crippen LogP contribution >= 0.6 is 0 Å². The van der Waals surface area contributed by atoms with Crippen molar-refractivity contribution < 1.29 is 61.6 Å². The monoisotopic (exact) mass is 937 g/mol. The normalized spacial score (nSPS) is 11.7. The molecule has 1 aromatic carbocycles. The Bertz CT molecular complexity index is 1410. The van der Waals surface area contributed by atoms with E-state index in [0.29, 0.717) is 12.8 Å². The minimum absolute atomic E-state index is 0. The molecule has 65 heavy (non-hydrogen) atoms. The maximum absolute atomic E-state index is 13.1. The smallest absolute Gasteiger partial charge is 0.744 e. The van der Waals surface area contributed by atoms with Crippen LogP contribution in [0.1, 0.15) is 291 Å². The predicted octanol–water partition coefficient (Wildman–Crippen LogP) is 14.7. The fraction of sp³-hybridized carbons (Fsp3) is 0.786. The Balaban J connectivity index is 0.0000410. The summed E-state index contributed by atoms with van der Waals surface area (Å²) in [5.74, 6) is -1.82. The Kier molecular flexibility index (Phi) is 46.5. The van der Waals surface area contributed by atoms with E-state index in [1.165, 1.54) is 198 Å². The first-order valence-corrected chi connectivity index (χ1v) is 28.5. The van der Waals surface area contributed by atoms with Crippen molar-refractivity contribution in [2.45, 2.75) is 276 Å². The van der Waals surface area contributed by atoms with E-state index in [9.17, 15) is 22.6 Å². The van der Waals surface area contributed by atoms with Gasteiger partial charge in [-0.1, -0.05) is 237 Å². The molecule has 0 aromatic heterocycles. The molecule has 0 spiro atoms. The zero-order chi connectivity index (χ0) is 46.4. The van der Waals surface area contributed by atoms with E-state index in [-0.39, 0.29) is 48.3 Å². The molecule has 0 amide bonds. The molecule has 0 aliphatic heterocycles. The van der Waals surface area contributed by atoms with Crippen LogP contribution in [0.2, 0.25) is 0 Å². The van der Waals surface area contributed by atoms with Gasteiger partial charge < -0.3 is 14.0 Å². The van der Waals surface area contributed by atoms with E-state index in [2.05, 4.69) is 38.2 Å². The molecule has 7 nitrogen and oxygen atoms in total. The number of ether oxygens (including phenoxy) is 2. The van der Waals surface area contributed by atoms with E-state index < -0.39 is 32.5 Å². The molecule has 0 unspecified atom stereocenters. The number of unbranched alkanes of at least 4 members (excludes halogenated alkanes) is 36. The number of benzene rings is 1. The van der Waals surface area contributed by atoms with Gasteiger partial charge >= 0.3 is 41.5 Å². The van der Waals surface area contributed by atoms with Crippen molar-refractivity contribution in [3.8, 4) is 0 Å². The summed E-state index contributed by atoms with van der Waals surface area (Å²) in [6.07, 6.45) is 59.1. The summed E-state index contributed by atoms with van der Waals surface area (Å²) in [4.78, 5) is 25.3. The molecular weight excluding hydrogens is 840 g/mol. The van der Waals surface area contributed by atoms with Crippen LogP contribution < -0.4 is 29.6 Å². The molecule has 0 saturated carbocycles. The van der Waals surface area contributed by atoms with Gasteiger partial charge in [0.25, 0.3) is 0 Å². The summed E-state index contributed by atoms with van der Waals surface area (Å²) < 4.78 is 47.0. The van der Waals surface area contributed by atoms with Crippen LogP contribution in [-0.4, -0.2) is 38.1 Å². The van der Waals surface area contributed by atoms with Crippen molar-refractivity contribution in [1.29, 1.82) is 0 Å². The van der Waals surface area contributed by atoms with Crippen LogP contribution in [0.15, 0.2) is 47.4 Å². The first kappa shape index (κ1) is 63.5. The third-order valence-electron chi connectivity index (χ3n) is 12.5. The van der Waals surface area contributed by atoms with E-state index >= 15 is 0 Å². The Hall–Kier alpha value is -1.45. The second-order valence-corrected chi connectivity index (χ2v) is 19.9. The van der Waals surface area contributed by atoms with Crippen molar-refractivity contribution in [3.05, 3.63) is 53.6 Å². The molecule has 0 aliphatic carbocycles. The summed E-state index contributed by atoms with van der Waals surface area (Å²) in [5, 5.41) is 0. The maximum atomic E-state index is 13.1. The largest absolute Gasteiger partial charge is 1.00 e. The van der Waals surface area contributed by atoms with E-state index in [4.69, 9.17) is 9.47 Å². The van der Waals surface area contributed by atoms with Gasteiger partial charge in [-0.15, -0.1) is 0 Å². The van der Waals surface area contributed by atoms with Gasteiger partial charge in [-0.25, -0.2) is 18.0 Å². The quantitative estimate of drug-likeness (QED) is 0.0210. The summed E-state index contributed by atoms with van der Waals surface area (Å²) in [6, 6.07) is 3.64. The van der Waals surface area contributed by atoms with Gasteiger partial charge in [0, 0.05) is 0 Å². The van der Waals surface area contributed by atoms with Crippen molar-refractivity contribution in [2.75, 3.05) is 13.2 Å². The average molecular weight is 937 g/mol. The minimum Gasteiger partial charge on any atom is -0.744 e. The molecular formula is C56H97NaO7S. The molecule has 0 fully saturated rings. The molecule has 0 bridgehead atoms. The molecule has 0 N–H and O–H groups in total. The van der Waals surface area contributed by atoms with Gasteiger partial charge in [0.15, 0.2) is 0 Å². The SMILES string of the molecule is CCCCCCCCCCCCCC/C=C/CCCCCCCCOC(=O)c1cccc(S(=O)(=O)[O-])c1C(=O)OCCCCCCCC/C=C/CCCCCCCCCCCCCC.[Na+]. The van der Waals surface area contributed by atoms with Crippen molar-refractivity contribution in [1.82, 2.24) is 0 Å². The predicted molar refractivity (Wildman–Crippen MR) is 269 cm³/mol. The van der Waals surface area contributed by atoms with E-state index in [1.807, 2.05) is 0 Å². The molecule has 0 atom stereocenters. The number of hydrogen-bond donors (Lipinski definition) is 0. The molecule has 0 heterocycles. The molecule has 0 radical (unpaired) electrons. The Labute approximate surface area is 423 Å². The first-order chi connectivity index (χ1) is 31.3. The fourth-order valence-electron chi connectivity index (χ4n) is 8.42. The van der Waals surface area contributed by atoms with Crippen LogP contribution in [0.5, 0.6) is 0 Å². The topological polar surface area (TPSA) is 110 Å². The summed E-state index contributed by atoms with van der Waals surface area (Å²) >= 11 is 0. The van der Waals surface area contributed by atoms with Crippen molar-refractivity contribution in [3.63, 3.8) is 0 Å². The molecule has 1 aromatic rings. The zero-order valence-electron chi connectivity index (χ0n) is 42.5. The summed E-state index contributed by atoms with van der Waals surface area (Å²) in [6.45, 7) is 4.78. The minimum atomic E-state index is -5.03. The number of carbonyl (C=O) groups excluding carboxylic acids is 2. The molecule has 0 aliphatic rings. The number of allylic oxidation sites excluding steroid dienone is 4. The van der Waals surface area contributed by atoms with Crippen LogP contribution in [0.4, 0.5) is 0 Å². The van der Waals surface area contributed by atoms with E-state index in [1.54, 1.807) is 0 Å². The Morgan fingerprint density at radius 3 is 1.02 bits per heavy atom. The van der Waals surface area contributed by atoms with Crippen LogP contribution in [-0.2, 0) is 19.6 Å². The van der Waals surface area contributed by atoms with Gasteiger partial charge in [-0.2, -0.15) is 0 Å². The summed E-state index contributed by atoms with van der Waals surface area (Å²) in [7, 11) is -5.03. The van der Waals surface area contributed by atoms with Crippen LogP contribution in [0, 0.1) is 0 Å². The van der Waals surface area contributed by atoms with Crippen molar-refractivity contribution in [2.24, 2.45) is 0 Å². The molecule has 0 saturated heterocycles. The maximum Gasteiger partial charge on any atom is 1.00 e. The van der Waals surface area contributed by atoms with Crippen LogP contribution in [0.25, 0.3) is 0 Å². The summed E-state index contributed by atoms with van der Waals surface area (Å²) in [5.41, 5.74) is -0.783. The Morgan fingerprint density at radius 1 is 0.431 bits per heavy atom. The third-order valence-corrected chi connectivity index (χ3v) is 13.4. The van der Waals surface area contributed by atoms with Crippen molar-refractivity contribution >= 4 is 22.1 Å². The molecule has 9 heteroatoms. The van der Waals surface area contributed by atoms with E-state index in [0.717, 1.165) is 63.9 Å².